The highest BCUT2D eigenvalue weighted by molar-refractivity contribution is 8.14. The van der Waals surface area contributed by atoms with Crippen molar-refractivity contribution in [2.45, 2.75) is 12.2 Å². The predicted molar refractivity (Wildman–Crippen MR) is 74.0 cm³/mol. The fourth-order valence-electron chi connectivity index (χ4n) is 2.08. The number of quaternary nitrogens is 1. The van der Waals surface area contributed by atoms with Crippen LogP contribution < -0.4 is 5.32 Å². The number of nitrogens with zero attached hydrogens (tertiary/aromatic N) is 1. The first-order chi connectivity index (χ1) is 8.53. The molecule has 1 atom stereocenters. The first kappa shape index (κ1) is 12.0. The molecule has 6 heteroatoms. The van der Waals surface area contributed by atoms with Crippen molar-refractivity contribution in [3.05, 3.63) is 35.2 Å². The normalized spacial score (nSPS) is 24.6. The molecule has 2 aliphatic heterocycles. The molecule has 2 N–H and O–H groups in total. The summed E-state index contributed by atoms with van der Waals surface area (Å²) < 4.78 is 23.0. The number of para-hydroxylation sites is 2. The highest BCUT2D eigenvalue weighted by atomic mass is 32.2. The van der Waals surface area contributed by atoms with Crippen LogP contribution in [0.25, 0.3) is 0 Å². The Morgan fingerprint density at radius 1 is 1.39 bits per heavy atom. The van der Waals surface area contributed by atoms with Gasteiger partial charge in [0.25, 0.3) is 5.17 Å². The van der Waals surface area contributed by atoms with Crippen molar-refractivity contribution in [1.29, 1.82) is 0 Å². The largest absolute Gasteiger partial charge is 0.266 e. The second-order valence-electron chi connectivity index (χ2n) is 4.45. The maximum Gasteiger partial charge on any atom is 0.266 e. The number of aliphatic imine (C=N–C) groups is 1. The zero-order chi connectivity index (χ0) is 12.8. The summed E-state index contributed by atoms with van der Waals surface area (Å²) in [4.78, 5) is 4.50. The van der Waals surface area contributed by atoms with Gasteiger partial charge in [-0.1, -0.05) is 12.1 Å². The summed E-state index contributed by atoms with van der Waals surface area (Å²) in [6.07, 6.45) is 0. The molecule has 2 aliphatic rings. The minimum atomic E-state index is -3.01. The Balaban J connectivity index is 1.76. The van der Waals surface area contributed by atoms with E-state index in [1.807, 2.05) is 36.5 Å². The summed E-state index contributed by atoms with van der Waals surface area (Å²) in [5.74, 6) is 0.187. The van der Waals surface area contributed by atoms with Gasteiger partial charge in [0, 0.05) is 11.5 Å². The third-order valence-corrected chi connectivity index (χ3v) is 5.98. The molecule has 1 unspecified atom stereocenters. The van der Waals surface area contributed by atoms with Crippen molar-refractivity contribution in [2.75, 3.05) is 5.75 Å². The maximum atomic E-state index is 11.5. The molecule has 4 nitrogen and oxygen atoms in total. The molecule has 0 aliphatic carbocycles. The minimum absolute atomic E-state index is 0.000637. The van der Waals surface area contributed by atoms with Crippen LogP contribution in [0.15, 0.2) is 40.2 Å². The Hall–Kier alpha value is -1.11. The lowest BCUT2D eigenvalue weighted by molar-refractivity contribution is -0.432. The monoisotopic (exact) mass is 281 g/mol. The Morgan fingerprint density at radius 3 is 2.83 bits per heavy atom. The molecule has 94 valence electrons. The highest BCUT2D eigenvalue weighted by Crippen LogP contribution is 2.31. The summed E-state index contributed by atoms with van der Waals surface area (Å²) in [5, 5.41) is 4.29. The Morgan fingerprint density at radius 2 is 2.17 bits per heavy atom. The topological polar surface area (TPSA) is 63.1 Å². The predicted octanol–water partition coefficient (Wildman–Crippen LogP) is 1.32. The van der Waals surface area contributed by atoms with Crippen molar-refractivity contribution in [1.82, 2.24) is 0 Å². The van der Waals surface area contributed by atoms with Crippen LogP contribution in [0.2, 0.25) is 0 Å². The number of hydrogen-bond donors (Lipinski definition) is 1. The molecular weight excluding hydrogens is 268 g/mol. The lowest BCUT2D eigenvalue weighted by Gasteiger charge is -2.06. The number of nitrogens with two attached hydrogens (primary N) is 1. The summed E-state index contributed by atoms with van der Waals surface area (Å²) in [6, 6.07) is 7.91. The number of thioether (sulfide) groups is 1. The zero-order valence-electron chi connectivity index (χ0n) is 9.83. The van der Waals surface area contributed by atoms with Crippen molar-refractivity contribution < 1.29 is 13.7 Å². The van der Waals surface area contributed by atoms with Crippen LogP contribution in [0, 0.1) is 0 Å². The fraction of sp³-hybridized carbons (Fsp3) is 0.250. The second-order valence-corrected chi connectivity index (χ2v) is 7.57. The van der Waals surface area contributed by atoms with Crippen LogP contribution in [0.5, 0.6) is 0 Å². The second kappa shape index (κ2) is 4.22. The molecule has 0 fully saturated rings. The maximum absolute atomic E-state index is 11.5. The lowest BCUT2D eigenvalue weighted by Crippen LogP contribution is -2.79. The van der Waals surface area contributed by atoms with Crippen molar-refractivity contribution in [2.24, 2.45) is 4.99 Å². The molecule has 0 spiro atoms. The number of fused-ring (bicyclic) bond motifs is 1. The molecule has 1 aromatic rings. The molecule has 0 saturated carbocycles. The number of rotatable bonds is 1. The van der Waals surface area contributed by atoms with Gasteiger partial charge in [-0.25, -0.2) is 8.42 Å². The van der Waals surface area contributed by atoms with Crippen molar-refractivity contribution in [3.63, 3.8) is 0 Å². The van der Waals surface area contributed by atoms with E-state index in [2.05, 4.69) is 4.99 Å². The molecule has 3 rings (SSSR count). The molecular formula is C12H13N2O2S2+. The highest BCUT2D eigenvalue weighted by Gasteiger charge is 2.31. The smallest absolute Gasteiger partial charge is 0.257 e. The zero-order valence-corrected chi connectivity index (χ0v) is 11.5. The molecule has 0 amide bonds. The number of amidine groups is 1. The summed E-state index contributed by atoms with van der Waals surface area (Å²) in [5.41, 5.74) is 2.97. The summed E-state index contributed by atoms with van der Waals surface area (Å²) in [6.45, 7) is 1.87. The standard InChI is InChI=1S/C12H12N2O2S2/c1-8-6-18(15,16)7-11(8)17-12-13-9-4-2-3-5-10(9)14-12/h2-6,11H,7H2,1H3,(H,13,14)/p+1. The quantitative estimate of drug-likeness (QED) is 0.790. The molecule has 2 heterocycles. The number of sulfone groups is 1. The third kappa shape index (κ3) is 2.23. The van der Waals surface area contributed by atoms with Gasteiger partial charge in [0.15, 0.2) is 15.5 Å². The van der Waals surface area contributed by atoms with Crippen LogP contribution >= 0.6 is 11.8 Å². The van der Waals surface area contributed by atoms with E-state index in [1.54, 1.807) is 0 Å². The van der Waals surface area contributed by atoms with Gasteiger partial charge in [-0.2, -0.15) is 4.99 Å². The third-order valence-electron chi connectivity index (χ3n) is 2.97. The van der Waals surface area contributed by atoms with E-state index in [9.17, 15) is 8.42 Å². The first-order valence-corrected chi connectivity index (χ1v) is 8.23. The Kier molecular flexibility index (Phi) is 2.80. The average molecular weight is 281 g/mol. The van der Waals surface area contributed by atoms with Crippen molar-refractivity contribution in [3.8, 4) is 0 Å². The molecule has 0 aromatic heterocycles. The Labute approximate surface area is 110 Å². The van der Waals surface area contributed by atoms with Gasteiger partial charge >= 0.3 is 0 Å². The van der Waals surface area contributed by atoms with Gasteiger partial charge in [-0.15, -0.1) is 0 Å². The molecule has 0 radical (unpaired) electrons. The van der Waals surface area contributed by atoms with E-state index >= 15 is 0 Å². The van der Waals surface area contributed by atoms with E-state index < -0.39 is 9.84 Å². The van der Waals surface area contributed by atoms with Gasteiger partial charge < -0.3 is 0 Å². The van der Waals surface area contributed by atoms with Gasteiger partial charge in [0.05, 0.1) is 11.0 Å². The number of hydrogen-bond acceptors (Lipinski definition) is 4. The lowest BCUT2D eigenvalue weighted by atomic mass is 10.3. The summed E-state index contributed by atoms with van der Waals surface area (Å²) >= 11 is 1.53. The van der Waals surface area contributed by atoms with Crippen LogP contribution in [-0.2, 0) is 9.84 Å². The van der Waals surface area contributed by atoms with Crippen molar-refractivity contribution >= 4 is 38.1 Å². The van der Waals surface area contributed by atoms with Crippen LogP contribution in [0.4, 0.5) is 11.4 Å². The van der Waals surface area contributed by atoms with Crippen LogP contribution in [0.1, 0.15) is 6.92 Å². The van der Waals surface area contributed by atoms with E-state index in [-0.39, 0.29) is 11.0 Å². The molecule has 18 heavy (non-hydrogen) atoms. The van der Waals surface area contributed by atoms with E-state index in [1.165, 1.54) is 17.2 Å². The van der Waals surface area contributed by atoms with Gasteiger partial charge in [0.1, 0.15) is 5.69 Å². The van der Waals surface area contributed by atoms with E-state index in [0.29, 0.717) is 0 Å². The van der Waals surface area contributed by atoms with E-state index in [0.717, 1.165) is 22.1 Å². The summed E-state index contributed by atoms with van der Waals surface area (Å²) in [7, 11) is -3.01. The van der Waals surface area contributed by atoms with Gasteiger partial charge in [0.2, 0.25) is 0 Å². The molecule has 1 aromatic carbocycles. The first-order valence-electron chi connectivity index (χ1n) is 5.64. The number of benzene rings is 1. The van der Waals surface area contributed by atoms with Crippen LogP contribution in [0.3, 0.4) is 0 Å². The SMILES string of the molecule is CC1=CS(=O)(=O)CC1SC1=Nc2ccccc2[NH2+]1. The van der Waals surface area contributed by atoms with E-state index in [4.69, 9.17) is 0 Å². The van der Waals surface area contributed by atoms with Gasteiger partial charge in [-0.05, 0) is 30.3 Å². The Bertz CT molecular complexity index is 662. The minimum Gasteiger partial charge on any atom is -0.257 e. The van der Waals surface area contributed by atoms with Crippen LogP contribution in [-0.4, -0.2) is 24.6 Å². The average Bonchev–Trinajstić information content (AvgIpc) is 2.79. The fourth-order valence-corrected chi connectivity index (χ4v) is 5.41. The van der Waals surface area contributed by atoms with Gasteiger partial charge in [-0.3, -0.25) is 5.32 Å². The molecule has 0 bridgehead atoms. The molecule has 0 saturated heterocycles.